The second-order valence-corrected chi connectivity index (χ2v) is 7.54. The van der Waals surface area contributed by atoms with Gasteiger partial charge in [-0.15, -0.1) is 0 Å². The Morgan fingerprint density at radius 1 is 1.35 bits per heavy atom. The van der Waals surface area contributed by atoms with Gasteiger partial charge in [-0.2, -0.15) is 0 Å². The number of fused-ring (bicyclic) bond motifs is 1. The van der Waals surface area contributed by atoms with Crippen molar-refractivity contribution in [3.05, 3.63) is 42.5 Å². The van der Waals surface area contributed by atoms with Gasteiger partial charge in [-0.1, -0.05) is 0 Å². The summed E-state index contributed by atoms with van der Waals surface area (Å²) in [5.74, 6) is 1.07. The summed E-state index contributed by atoms with van der Waals surface area (Å²) >= 11 is 0. The van der Waals surface area contributed by atoms with Crippen LogP contribution in [0.3, 0.4) is 0 Å². The minimum Gasteiger partial charge on any atom is -0.472 e. The van der Waals surface area contributed by atoms with Crippen molar-refractivity contribution in [3.8, 4) is 11.3 Å². The molecule has 3 aromatic heterocycles. The minimum absolute atomic E-state index is 0.167. The fourth-order valence-electron chi connectivity index (χ4n) is 4.11. The third-order valence-electron chi connectivity index (χ3n) is 5.79. The smallest absolute Gasteiger partial charge is 0.140 e. The number of hydrogen-bond acceptors (Lipinski definition) is 4. The molecule has 0 bridgehead atoms. The van der Waals surface area contributed by atoms with E-state index in [2.05, 4.69) is 23.0 Å². The number of aromatic nitrogens is 2. The monoisotopic (exact) mass is 351 g/mol. The van der Waals surface area contributed by atoms with Crippen LogP contribution in [0.2, 0.25) is 0 Å². The highest BCUT2D eigenvalue weighted by Crippen LogP contribution is 2.32. The number of rotatable bonds is 5. The number of aromatic amines is 1. The van der Waals surface area contributed by atoms with Gasteiger partial charge in [-0.05, 0) is 62.3 Å². The lowest BCUT2D eigenvalue weighted by molar-refractivity contribution is -0.123. The second kappa shape index (κ2) is 7.08. The Labute approximate surface area is 153 Å². The molecule has 26 heavy (non-hydrogen) atoms. The van der Waals surface area contributed by atoms with E-state index in [1.807, 2.05) is 12.1 Å². The third-order valence-corrected chi connectivity index (χ3v) is 5.79. The van der Waals surface area contributed by atoms with Gasteiger partial charge in [-0.3, -0.25) is 4.79 Å². The highest BCUT2D eigenvalue weighted by Gasteiger charge is 2.28. The molecule has 0 spiro atoms. The molecular weight excluding hydrogens is 326 g/mol. The van der Waals surface area contributed by atoms with E-state index in [-0.39, 0.29) is 12.0 Å². The molecule has 0 aromatic carbocycles. The van der Waals surface area contributed by atoms with Gasteiger partial charge in [0, 0.05) is 35.5 Å². The van der Waals surface area contributed by atoms with E-state index in [9.17, 15) is 4.79 Å². The Morgan fingerprint density at radius 2 is 2.15 bits per heavy atom. The summed E-state index contributed by atoms with van der Waals surface area (Å²) < 4.78 is 5.16. The molecule has 0 aliphatic heterocycles. The lowest BCUT2D eigenvalue weighted by atomic mass is 9.76. The van der Waals surface area contributed by atoms with Gasteiger partial charge in [-0.25, -0.2) is 4.98 Å². The van der Waals surface area contributed by atoms with E-state index in [4.69, 9.17) is 10.2 Å². The molecule has 5 heteroatoms. The van der Waals surface area contributed by atoms with Crippen LogP contribution in [0.15, 0.2) is 41.3 Å². The van der Waals surface area contributed by atoms with Gasteiger partial charge >= 0.3 is 0 Å². The van der Waals surface area contributed by atoms with Crippen LogP contribution in [0.5, 0.6) is 0 Å². The van der Waals surface area contributed by atoms with Crippen molar-refractivity contribution in [1.29, 1.82) is 0 Å². The Bertz CT molecular complexity index is 887. The molecule has 1 atom stereocenters. The zero-order chi connectivity index (χ0) is 18.1. The van der Waals surface area contributed by atoms with E-state index >= 15 is 0 Å². The number of pyridine rings is 1. The van der Waals surface area contributed by atoms with Gasteiger partial charge in [0.15, 0.2) is 0 Å². The number of carbonyl (C=O) groups excluding carboxylic acids is 1. The number of nitrogens with zero attached hydrogens (tertiary/aromatic N) is 1. The van der Waals surface area contributed by atoms with Crippen molar-refractivity contribution in [3.63, 3.8) is 0 Å². The average Bonchev–Trinajstić information content (AvgIpc) is 3.31. The zero-order valence-electron chi connectivity index (χ0n) is 15.1. The molecule has 5 nitrogen and oxygen atoms in total. The topological polar surface area (TPSA) is 84.9 Å². The van der Waals surface area contributed by atoms with Crippen LogP contribution < -0.4 is 5.73 Å². The maximum Gasteiger partial charge on any atom is 0.140 e. The van der Waals surface area contributed by atoms with Gasteiger partial charge in [0.1, 0.15) is 11.4 Å². The Hall–Kier alpha value is -2.40. The van der Waals surface area contributed by atoms with Crippen molar-refractivity contribution in [2.45, 2.75) is 45.1 Å². The average molecular weight is 351 g/mol. The fourth-order valence-corrected chi connectivity index (χ4v) is 4.11. The third kappa shape index (κ3) is 3.31. The van der Waals surface area contributed by atoms with Crippen LogP contribution in [-0.2, 0) is 11.2 Å². The molecule has 1 saturated carbocycles. The van der Waals surface area contributed by atoms with E-state index < -0.39 is 0 Å². The lowest BCUT2D eigenvalue weighted by Crippen LogP contribution is -2.32. The van der Waals surface area contributed by atoms with Crippen molar-refractivity contribution in [2.24, 2.45) is 17.6 Å². The predicted molar refractivity (Wildman–Crippen MR) is 102 cm³/mol. The van der Waals surface area contributed by atoms with E-state index in [0.29, 0.717) is 18.1 Å². The number of carbonyl (C=O) groups is 1. The number of nitrogens with two attached hydrogens (primary N) is 1. The maximum absolute atomic E-state index is 12.8. The second-order valence-electron chi connectivity index (χ2n) is 7.54. The van der Waals surface area contributed by atoms with Crippen LogP contribution in [0.1, 0.15) is 38.2 Å². The Morgan fingerprint density at radius 3 is 2.85 bits per heavy atom. The summed E-state index contributed by atoms with van der Waals surface area (Å²) in [4.78, 5) is 20.6. The van der Waals surface area contributed by atoms with Crippen LogP contribution in [0, 0.1) is 11.8 Å². The molecule has 0 amide bonds. The molecule has 136 valence electrons. The van der Waals surface area contributed by atoms with Gasteiger partial charge in [0.05, 0.1) is 18.2 Å². The van der Waals surface area contributed by atoms with E-state index in [1.165, 1.54) is 0 Å². The van der Waals surface area contributed by atoms with Gasteiger partial charge < -0.3 is 15.1 Å². The largest absolute Gasteiger partial charge is 0.472 e. The fraction of sp³-hybridized carbons (Fsp3) is 0.429. The van der Waals surface area contributed by atoms with Crippen LogP contribution in [-0.4, -0.2) is 21.8 Å². The van der Waals surface area contributed by atoms with Crippen molar-refractivity contribution >= 4 is 16.8 Å². The quantitative estimate of drug-likeness (QED) is 0.725. The molecule has 1 aliphatic carbocycles. The molecule has 1 fully saturated rings. The highest BCUT2D eigenvalue weighted by molar-refractivity contribution is 5.91. The SMILES string of the molecule is CC(N)C1CCC(C(=O)Cc2ccnc3[nH]c(-c4ccoc4)cc23)CC1. The first-order chi connectivity index (χ1) is 12.6. The number of hydrogen-bond donors (Lipinski definition) is 2. The summed E-state index contributed by atoms with van der Waals surface area (Å²) in [6.07, 6.45) is 9.65. The molecular formula is C21H25N3O2. The van der Waals surface area contributed by atoms with Crippen LogP contribution in [0.25, 0.3) is 22.3 Å². The molecule has 1 unspecified atom stereocenters. The zero-order valence-corrected chi connectivity index (χ0v) is 15.1. The molecule has 4 rings (SSSR count). The highest BCUT2D eigenvalue weighted by atomic mass is 16.3. The maximum atomic E-state index is 12.8. The Kier molecular flexibility index (Phi) is 4.64. The number of ketones is 1. The predicted octanol–water partition coefficient (Wildman–Crippen LogP) is 4.09. The molecule has 3 N–H and O–H groups in total. The minimum atomic E-state index is 0.167. The number of nitrogens with one attached hydrogen (secondary N) is 1. The van der Waals surface area contributed by atoms with Gasteiger partial charge in [0.25, 0.3) is 0 Å². The van der Waals surface area contributed by atoms with Gasteiger partial charge in [0.2, 0.25) is 0 Å². The number of H-pyrrole nitrogens is 1. The summed E-state index contributed by atoms with van der Waals surface area (Å²) in [5, 5.41) is 1.02. The van der Waals surface area contributed by atoms with Crippen molar-refractivity contribution < 1.29 is 9.21 Å². The summed E-state index contributed by atoms with van der Waals surface area (Å²) in [6.45, 7) is 2.07. The first kappa shape index (κ1) is 17.0. The molecule has 1 aliphatic rings. The molecule has 3 aromatic rings. The molecule has 3 heterocycles. The first-order valence-electron chi connectivity index (χ1n) is 9.39. The summed E-state index contributed by atoms with van der Waals surface area (Å²) in [7, 11) is 0. The van der Waals surface area contributed by atoms with Crippen LogP contribution >= 0.6 is 0 Å². The first-order valence-corrected chi connectivity index (χ1v) is 9.39. The molecule has 0 radical (unpaired) electrons. The van der Waals surface area contributed by atoms with Crippen LogP contribution in [0.4, 0.5) is 0 Å². The van der Waals surface area contributed by atoms with Crippen molar-refractivity contribution in [1.82, 2.24) is 9.97 Å². The standard InChI is InChI=1S/C21H25N3O2/c1-13(22)14-2-4-15(5-3-14)20(25)10-16-6-8-23-21-18(16)11-19(24-21)17-7-9-26-12-17/h6-9,11-15H,2-5,10,22H2,1H3,(H,23,24). The summed E-state index contributed by atoms with van der Waals surface area (Å²) in [6, 6.07) is 6.16. The number of Topliss-reactive ketones (excluding diaryl/α,β-unsaturated/α-hetero) is 1. The molecule has 0 saturated heterocycles. The van der Waals surface area contributed by atoms with Crippen molar-refractivity contribution in [2.75, 3.05) is 0 Å². The summed E-state index contributed by atoms with van der Waals surface area (Å²) in [5.41, 5.74) is 9.81. The van der Waals surface area contributed by atoms with E-state index in [0.717, 1.165) is 53.5 Å². The van der Waals surface area contributed by atoms with E-state index in [1.54, 1.807) is 18.7 Å². The normalized spacial score (nSPS) is 21.8. The lowest BCUT2D eigenvalue weighted by Gasteiger charge is -2.30. The Balaban J connectivity index is 1.51. The number of furan rings is 1.